The molecular weight excluding hydrogens is 439 g/mol. The predicted molar refractivity (Wildman–Crippen MR) is 122 cm³/mol. The second-order valence-corrected chi connectivity index (χ2v) is 9.45. The zero-order valence-electron chi connectivity index (χ0n) is 19.2. The van der Waals surface area contributed by atoms with Gasteiger partial charge in [-0.1, -0.05) is 19.9 Å². The minimum absolute atomic E-state index is 0.0741. The number of nitrogens with zero attached hydrogens (tertiary/aromatic N) is 1. The van der Waals surface area contributed by atoms with E-state index in [1.165, 1.54) is 19.2 Å². The van der Waals surface area contributed by atoms with Gasteiger partial charge in [-0.3, -0.25) is 9.69 Å². The highest BCUT2D eigenvalue weighted by molar-refractivity contribution is 6.05. The number of methoxy groups -OCH3 is 1. The van der Waals surface area contributed by atoms with Crippen molar-refractivity contribution in [3.63, 3.8) is 0 Å². The molecule has 2 aliphatic heterocycles. The maximum Gasteiger partial charge on any atom is 0.338 e. The van der Waals surface area contributed by atoms with Crippen LogP contribution < -0.4 is 20.1 Å². The summed E-state index contributed by atoms with van der Waals surface area (Å²) >= 11 is 0. The average molecular weight is 464 g/mol. The van der Waals surface area contributed by atoms with E-state index < -0.39 is 17.7 Å². The van der Waals surface area contributed by atoms with Crippen LogP contribution in [0.15, 0.2) is 65.1 Å². The number of fused-ring (bicyclic) bond motifs is 1. The minimum atomic E-state index is -0.739. The van der Waals surface area contributed by atoms with Crippen LogP contribution in [0.4, 0.5) is 10.1 Å². The number of hydrogen-bond donors (Lipinski definition) is 1. The van der Waals surface area contributed by atoms with Gasteiger partial charge in [-0.2, -0.15) is 0 Å². The molecule has 8 heteroatoms. The van der Waals surface area contributed by atoms with E-state index >= 15 is 0 Å². The molecular formula is C26H25FN2O5. The zero-order chi connectivity index (χ0) is 24.2. The Morgan fingerprint density at radius 1 is 1.12 bits per heavy atom. The zero-order valence-corrected chi connectivity index (χ0v) is 19.2. The van der Waals surface area contributed by atoms with Crippen molar-refractivity contribution in [2.75, 3.05) is 18.8 Å². The van der Waals surface area contributed by atoms with Crippen LogP contribution in [0.25, 0.3) is 0 Å². The third-order valence-electron chi connectivity index (χ3n) is 6.48. The number of esters is 1. The maximum absolute atomic E-state index is 13.7. The first-order valence-electron chi connectivity index (χ1n) is 11.0. The Balaban J connectivity index is 1.78. The van der Waals surface area contributed by atoms with Crippen LogP contribution in [0.2, 0.25) is 0 Å². The monoisotopic (exact) mass is 464 g/mol. The lowest BCUT2D eigenvalue weighted by molar-refractivity contribution is -0.136. The van der Waals surface area contributed by atoms with E-state index in [4.69, 9.17) is 19.9 Å². The number of rotatable bonds is 3. The van der Waals surface area contributed by atoms with Gasteiger partial charge >= 0.3 is 5.97 Å². The number of benzene rings is 2. The number of allylic oxidation sites excluding steroid dienone is 2. The fourth-order valence-corrected chi connectivity index (χ4v) is 5.03. The van der Waals surface area contributed by atoms with Crippen LogP contribution >= 0.6 is 0 Å². The maximum atomic E-state index is 13.7. The minimum Gasteiger partial charge on any atom is -0.466 e. The fourth-order valence-electron chi connectivity index (χ4n) is 5.03. The molecule has 176 valence electrons. The van der Waals surface area contributed by atoms with E-state index in [2.05, 4.69) is 0 Å². The van der Waals surface area contributed by atoms with Crippen LogP contribution in [-0.2, 0) is 14.3 Å². The van der Waals surface area contributed by atoms with E-state index in [1.54, 1.807) is 35.2 Å². The Labute approximate surface area is 196 Å². The summed E-state index contributed by atoms with van der Waals surface area (Å²) in [6, 6.07) is 11.1. The number of hydrogen-bond acceptors (Lipinski definition) is 7. The topological polar surface area (TPSA) is 91.1 Å². The van der Waals surface area contributed by atoms with Crippen LogP contribution in [0, 0.1) is 11.2 Å². The third-order valence-corrected chi connectivity index (χ3v) is 6.48. The smallest absolute Gasteiger partial charge is 0.338 e. The molecule has 0 spiro atoms. The molecule has 2 N–H and O–H groups in total. The summed E-state index contributed by atoms with van der Waals surface area (Å²) in [6.07, 6.45) is 0.861. The van der Waals surface area contributed by atoms with Crippen LogP contribution in [-0.4, -0.2) is 25.7 Å². The van der Waals surface area contributed by atoms with Crippen molar-refractivity contribution in [1.82, 2.24) is 0 Å². The Kier molecular flexibility index (Phi) is 5.11. The second-order valence-electron chi connectivity index (χ2n) is 9.45. The van der Waals surface area contributed by atoms with Gasteiger partial charge in [0.2, 0.25) is 6.79 Å². The first-order chi connectivity index (χ1) is 16.2. The van der Waals surface area contributed by atoms with Gasteiger partial charge in [0.25, 0.3) is 0 Å². The third kappa shape index (κ3) is 3.50. The number of ether oxygens (including phenoxy) is 3. The van der Waals surface area contributed by atoms with Crippen molar-refractivity contribution in [1.29, 1.82) is 0 Å². The van der Waals surface area contributed by atoms with E-state index in [1.807, 2.05) is 13.8 Å². The summed E-state index contributed by atoms with van der Waals surface area (Å²) < 4.78 is 29.8. The number of ketones is 1. The molecule has 0 radical (unpaired) electrons. The molecule has 0 saturated carbocycles. The molecule has 1 aliphatic carbocycles. The Morgan fingerprint density at radius 3 is 2.53 bits per heavy atom. The molecule has 1 atom stereocenters. The molecule has 3 aliphatic rings. The number of carbonyl (C=O) groups excluding carboxylic acids is 2. The van der Waals surface area contributed by atoms with Crippen LogP contribution in [0.5, 0.6) is 11.5 Å². The normalized spacial score (nSPS) is 21.0. The number of carbonyl (C=O) groups is 2. The van der Waals surface area contributed by atoms with E-state index in [-0.39, 0.29) is 29.4 Å². The van der Waals surface area contributed by atoms with Gasteiger partial charge in [-0.15, -0.1) is 0 Å². The predicted octanol–water partition coefficient (Wildman–Crippen LogP) is 4.14. The first-order valence-corrected chi connectivity index (χ1v) is 11.0. The molecule has 2 heterocycles. The molecule has 0 fully saturated rings. The number of halogens is 1. The van der Waals surface area contributed by atoms with Crippen LogP contribution in [0.3, 0.4) is 0 Å². The lowest BCUT2D eigenvalue weighted by Gasteiger charge is -2.44. The van der Waals surface area contributed by atoms with E-state index in [0.717, 1.165) is 0 Å². The molecule has 2 aromatic rings. The van der Waals surface area contributed by atoms with Crippen molar-refractivity contribution in [2.45, 2.75) is 32.6 Å². The Bertz CT molecular complexity index is 1260. The summed E-state index contributed by atoms with van der Waals surface area (Å²) in [7, 11) is 1.28. The lowest BCUT2D eigenvalue weighted by atomic mass is 9.68. The lowest BCUT2D eigenvalue weighted by Crippen LogP contribution is -2.43. The van der Waals surface area contributed by atoms with Crippen molar-refractivity contribution in [3.8, 4) is 11.5 Å². The number of nitrogens with two attached hydrogens (primary N) is 1. The summed E-state index contributed by atoms with van der Waals surface area (Å²) in [5.41, 5.74) is 8.90. The Hall–Kier alpha value is -3.81. The molecule has 0 aromatic heterocycles. The Morgan fingerprint density at radius 2 is 1.82 bits per heavy atom. The molecule has 34 heavy (non-hydrogen) atoms. The van der Waals surface area contributed by atoms with E-state index in [0.29, 0.717) is 46.9 Å². The van der Waals surface area contributed by atoms with Gasteiger partial charge in [0.15, 0.2) is 17.3 Å². The molecule has 0 amide bonds. The molecule has 0 saturated heterocycles. The van der Waals surface area contributed by atoms with Crippen LogP contribution in [0.1, 0.15) is 38.2 Å². The van der Waals surface area contributed by atoms with Gasteiger partial charge in [-0.05, 0) is 53.8 Å². The van der Waals surface area contributed by atoms with Crippen molar-refractivity contribution in [3.05, 3.63) is 76.5 Å². The quantitative estimate of drug-likeness (QED) is 0.683. The van der Waals surface area contributed by atoms with Gasteiger partial charge < -0.3 is 19.9 Å². The molecule has 0 unspecified atom stereocenters. The molecule has 7 nitrogen and oxygen atoms in total. The number of anilines is 1. The van der Waals surface area contributed by atoms with E-state index in [9.17, 15) is 14.0 Å². The standard InChI is InChI=1S/C26H25FN2O5/c1-26(2)11-17-22(18(30)12-26)21(14-4-9-19-20(10-14)34-13-33-19)23(25(31)32-3)24(28)29(17)16-7-5-15(27)6-8-16/h4-10,21H,11-13,28H2,1-3H3/t21-/m1/s1. The number of Topliss-reactive ketones (excluding diaryl/α,β-unsaturated/α-hetero) is 1. The summed E-state index contributed by atoms with van der Waals surface area (Å²) in [4.78, 5) is 28.4. The fraction of sp³-hybridized carbons (Fsp3) is 0.308. The largest absolute Gasteiger partial charge is 0.466 e. The highest BCUT2D eigenvalue weighted by atomic mass is 19.1. The molecule has 5 rings (SSSR count). The summed E-state index contributed by atoms with van der Waals surface area (Å²) in [5.74, 6) is -0.584. The van der Waals surface area contributed by atoms with Crippen molar-refractivity contribution < 1.29 is 28.2 Å². The molecule has 0 bridgehead atoms. The first kappa shape index (κ1) is 22.0. The summed E-state index contributed by atoms with van der Waals surface area (Å²) in [6.45, 7) is 4.14. The van der Waals surface area contributed by atoms with Gasteiger partial charge in [0.1, 0.15) is 11.6 Å². The van der Waals surface area contributed by atoms with Gasteiger partial charge in [0, 0.05) is 23.4 Å². The highest BCUT2D eigenvalue weighted by Gasteiger charge is 2.46. The van der Waals surface area contributed by atoms with Gasteiger partial charge in [-0.25, -0.2) is 9.18 Å². The second kappa shape index (κ2) is 7.90. The average Bonchev–Trinajstić information content (AvgIpc) is 3.26. The van der Waals surface area contributed by atoms with Crippen molar-refractivity contribution >= 4 is 17.4 Å². The summed E-state index contributed by atoms with van der Waals surface area (Å²) in [5, 5.41) is 0. The van der Waals surface area contributed by atoms with Gasteiger partial charge in [0.05, 0.1) is 18.6 Å². The molecule has 2 aromatic carbocycles. The van der Waals surface area contributed by atoms with Crippen molar-refractivity contribution in [2.24, 2.45) is 11.1 Å². The highest BCUT2D eigenvalue weighted by Crippen LogP contribution is 2.51. The SMILES string of the molecule is COC(=O)C1=C(N)N(c2ccc(F)cc2)C2=C(C(=O)CC(C)(C)C2)[C@H]1c1ccc2c(c1)OCO2.